The van der Waals surface area contributed by atoms with Crippen molar-refractivity contribution < 1.29 is 13.2 Å². The topological polar surface area (TPSA) is 67.3 Å². The van der Waals surface area contributed by atoms with Crippen molar-refractivity contribution in [2.45, 2.75) is 11.7 Å². The van der Waals surface area contributed by atoms with Crippen LogP contribution in [0.4, 0.5) is 5.69 Å². The van der Waals surface area contributed by atoms with E-state index >= 15 is 0 Å². The maximum atomic E-state index is 11.8. The summed E-state index contributed by atoms with van der Waals surface area (Å²) < 4.78 is 23.0. The van der Waals surface area contributed by atoms with Crippen molar-refractivity contribution in [3.63, 3.8) is 0 Å². The fraction of sp³-hybridized carbons (Fsp3) is 0.333. The van der Waals surface area contributed by atoms with Gasteiger partial charge in [-0.05, 0) is 22.0 Å². The van der Waals surface area contributed by atoms with Crippen molar-refractivity contribution in [3.8, 4) is 0 Å². The molecule has 0 aliphatic carbocycles. The average molecular weight is 374 g/mol. The number of carbonyl (C=O) groups excluding carboxylic acids is 1. The number of halogens is 3. The van der Waals surface area contributed by atoms with Crippen molar-refractivity contribution in [1.29, 1.82) is 0 Å². The van der Waals surface area contributed by atoms with Crippen LogP contribution in [-0.4, -0.2) is 31.1 Å². The molecule has 1 atom stereocenters. The normalized spacial score (nSPS) is 20.5. The molecule has 1 aliphatic heterocycles. The molecule has 1 aromatic heterocycles. The minimum Gasteiger partial charge on any atom is -0.309 e. The van der Waals surface area contributed by atoms with Gasteiger partial charge in [-0.25, -0.2) is 13.4 Å². The second kappa shape index (κ2) is 4.96. The van der Waals surface area contributed by atoms with Crippen molar-refractivity contribution in [2.75, 3.05) is 11.4 Å². The highest BCUT2D eigenvalue weighted by atomic mass is 79.9. The molecule has 9 heteroatoms. The summed E-state index contributed by atoms with van der Waals surface area (Å²) in [4.78, 5) is 17.0. The molecular weight excluding hydrogens is 367 g/mol. The molecule has 98 valence electrons. The van der Waals surface area contributed by atoms with E-state index in [4.69, 9.17) is 22.3 Å². The maximum absolute atomic E-state index is 11.8. The van der Waals surface area contributed by atoms with Gasteiger partial charge >= 0.3 is 0 Å². The van der Waals surface area contributed by atoms with Crippen LogP contribution in [0.25, 0.3) is 0 Å². The van der Waals surface area contributed by atoms with E-state index in [0.717, 1.165) is 0 Å². The molecule has 0 bridgehead atoms. The number of amides is 1. The van der Waals surface area contributed by atoms with Gasteiger partial charge in [-0.3, -0.25) is 4.79 Å². The fourth-order valence-corrected chi connectivity index (χ4v) is 3.14. The Morgan fingerprint density at radius 1 is 1.50 bits per heavy atom. The summed E-state index contributed by atoms with van der Waals surface area (Å²) >= 11 is 8.94. The number of anilines is 1. The smallest absolute Gasteiger partial charge is 0.237 e. The SMILES string of the molecule is O=C1CC(S(=O)(=O)Cl)CN1c1cnc(Cl)c(Br)c1. The van der Waals surface area contributed by atoms with E-state index in [2.05, 4.69) is 20.9 Å². The van der Waals surface area contributed by atoms with Gasteiger partial charge in [0.2, 0.25) is 15.0 Å². The van der Waals surface area contributed by atoms with Crippen molar-refractivity contribution >= 4 is 58.9 Å². The summed E-state index contributed by atoms with van der Waals surface area (Å²) in [6.45, 7) is 0.0282. The molecule has 2 heterocycles. The second-order valence-electron chi connectivity index (χ2n) is 3.77. The summed E-state index contributed by atoms with van der Waals surface area (Å²) in [6.07, 6.45) is 1.29. The minimum atomic E-state index is -3.74. The van der Waals surface area contributed by atoms with Crippen LogP contribution < -0.4 is 4.90 Å². The molecule has 0 radical (unpaired) electrons. The third-order valence-electron chi connectivity index (χ3n) is 2.58. The predicted octanol–water partition coefficient (Wildman–Crippen LogP) is 2.17. The highest BCUT2D eigenvalue weighted by Gasteiger charge is 2.38. The van der Waals surface area contributed by atoms with Gasteiger partial charge in [-0.1, -0.05) is 11.6 Å². The molecule has 5 nitrogen and oxygen atoms in total. The van der Waals surface area contributed by atoms with Crippen LogP contribution in [0.1, 0.15) is 6.42 Å². The maximum Gasteiger partial charge on any atom is 0.237 e. The van der Waals surface area contributed by atoms with Gasteiger partial charge in [0, 0.05) is 23.6 Å². The third-order valence-corrected chi connectivity index (χ3v) is 5.58. The Morgan fingerprint density at radius 2 is 2.17 bits per heavy atom. The molecule has 1 saturated heterocycles. The van der Waals surface area contributed by atoms with Crippen molar-refractivity contribution in [1.82, 2.24) is 4.98 Å². The Kier molecular flexibility index (Phi) is 3.87. The van der Waals surface area contributed by atoms with Crippen LogP contribution >= 0.6 is 38.2 Å². The van der Waals surface area contributed by atoms with E-state index in [-0.39, 0.29) is 24.0 Å². The van der Waals surface area contributed by atoms with Crippen LogP contribution in [0, 0.1) is 0 Å². The summed E-state index contributed by atoms with van der Waals surface area (Å²) in [5.74, 6) is -0.305. The Bertz CT molecular complexity index is 608. The van der Waals surface area contributed by atoms with Crippen LogP contribution in [0.2, 0.25) is 5.15 Å². The first-order chi connectivity index (χ1) is 8.29. The van der Waals surface area contributed by atoms with E-state index < -0.39 is 14.3 Å². The molecule has 18 heavy (non-hydrogen) atoms. The lowest BCUT2D eigenvalue weighted by Gasteiger charge is -2.16. The van der Waals surface area contributed by atoms with Gasteiger partial charge < -0.3 is 4.90 Å². The summed E-state index contributed by atoms with van der Waals surface area (Å²) in [5, 5.41) is -0.618. The lowest BCUT2D eigenvalue weighted by atomic mass is 10.4. The molecule has 0 N–H and O–H groups in total. The summed E-state index contributed by atoms with van der Waals surface area (Å²) in [6, 6.07) is 1.61. The number of hydrogen-bond donors (Lipinski definition) is 0. The molecule has 1 amide bonds. The average Bonchev–Trinajstić information content (AvgIpc) is 2.64. The fourth-order valence-electron chi connectivity index (χ4n) is 1.67. The Labute approximate surface area is 122 Å². The number of nitrogens with zero attached hydrogens (tertiary/aromatic N) is 2. The molecule has 0 spiro atoms. The molecular formula is C9H7BrCl2N2O3S. The first kappa shape index (κ1) is 14.0. The first-order valence-electron chi connectivity index (χ1n) is 4.84. The van der Waals surface area contributed by atoms with E-state index in [9.17, 15) is 13.2 Å². The van der Waals surface area contributed by atoms with Crippen molar-refractivity contribution in [3.05, 3.63) is 21.9 Å². The first-order valence-corrected chi connectivity index (χ1v) is 8.38. The highest BCUT2D eigenvalue weighted by Crippen LogP contribution is 2.30. The zero-order chi connectivity index (χ0) is 13.5. The van der Waals surface area contributed by atoms with Crippen LogP contribution in [0.5, 0.6) is 0 Å². The molecule has 1 fully saturated rings. The molecule has 0 saturated carbocycles. The van der Waals surface area contributed by atoms with Gasteiger partial charge in [-0.15, -0.1) is 0 Å². The summed E-state index contributed by atoms with van der Waals surface area (Å²) in [5.41, 5.74) is 0.485. The molecule has 2 rings (SSSR count). The molecule has 1 aliphatic rings. The summed E-state index contributed by atoms with van der Waals surface area (Å²) in [7, 11) is 1.52. The zero-order valence-corrected chi connectivity index (χ0v) is 12.7. The van der Waals surface area contributed by atoms with Crippen LogP contribution in [-0.2, 0) is 13.8 Å². The zero-order valence-electron chi connectivity index (χ0n) is 8.81. The largest absolute Gasteiger partial charge is 0.309 e. The Morgan fingerprint density at radius 3 is 2.67 bits per heavy atom. The number of pyridine rings is 1. The van der Waals surface area contributed by atoms with E-state index in [1.165, 1.54) is 11.1 Å². The number of aromatic nitrogens is 1. The molecule has 1 aromatic rings. The minimum absolute atomic E-state index is 0.0282. The van der Waals surface area contributed by atoms with E-state index in [0.29, 0.717) is 10.2 Å². The Hall–Kier alpha value is -0.370. The second-order valence-corrected chi connectivity index (χ2v) is 7.89. The van der Waals surface area contributed by atoms with Crippen molar-refractivity contribution in [2.24, 2.45) is 0 Å². The quantitative estimate of drug-likeness (QED) is 0.588. The van der Waals surface area contributed by atoms with Gasteiger partial charge in [0.15, 0.2) is 0 Å². The van der Waals surface area contributed by atoms with Gasteiger partial charge in [0.25, 0.3) is 0 Å². The van der Waals surface area contributed by atoms with Crippen LogP contribution in [0.15, 0.2) is 16.7 Å². The standard InChI is InChI=1S/C9H7BrCl2N2O3S/c10-7-1-5(3-13-9(7)11)14-4-6(2-8(14)15)18(12,16)17/h1,3,6H,2,4H2. The molecule has 1 unspecified atom stereocenters. The highest BCUT2D eigenvalue weighted by molar-refractivity contribution is 9.10. The van der Waals surface area contributed by atoms with Gasteiger partial charge in [0.1, 0.15) is 10.4 Å². The Balaban J connectivity index is 2.30. The monoisotopic (exact) mass is 372 g/mol. The third kappa shape index (κ3) is 2.79. The molecule has 0 aromatic carbocycles. The van der Waals surface area contributed by atoms with E-state index in [1.807, 2.05) is 0 Å². The number of rotatable bonds is 2. The predicted molar refractivity (Wildman–Crippen MR) is 72.5 cm³/mol. The van der Waals surface area contributed by atoms with Gasteiger partial charge in [0.05, 0.1) is 16.4 Å². The lowest BCUT2D eigenvalue weighted by molar-refractivity contribution is -0.117. The number of hydrogen-bond acceptors (Lipinski definition) is 4. The lowest BCUT2D eigenvalue weighted by Crippen LogP contribution is -2.26. The van der Waals surface area contributed by atoms with E-state index in [1.54, 1.807) is 6.07 Å². The van der Waals surface area contributed by atoms with Crippen LogP contribution in [0.3, 0.4) is 0 Å². The number of carbonyl (C=O) groups is 1. The van der Waals surface area contributed by atoms with Gasteiger partial charge in [-0.2, -0.15) is 0 Å².